The first-order valence-electron chi connectivity index (χ1n) is 4.54. The highest BCUT2D eigenvalue weighted by molar-refractivity contribution is 9.10. The number of nitrogens with zero attached hydrogens (tertiary/aromatic N) is 2. The number of carboxylic acids is 1. The molecule has 1 aromatic rings. The van der Waals surface area contributed by atoms with Crippen molar-refractivity contribution in [3.05, 3.63) is 31.5 Å². The molecule has 0 radical (unpaired) electrons. The molecule has 0 bridgehead atoms. The minimum Gasteiger partial charge on any atom is -0.480 e. The van der Waals surface area contributed by atoms with Crippen molar-refractivity contribution in [2.24, 2.45) is 0 Å². The number of hydrogen-bond acceptors (Lipinski definition) is 4. The van der Waals surface area contributed by atoms with Gasteiger partial charge in [0.25, 0.3) is 5.56 Å². The largest absolute Gasteiger partial charge is 0.480 e. The molecule has 17 heavy (non-hydrogen) atoms. The molecule has 0 saturated carbocycles. The lowest BCUT2D eigenvalue weighted by Crippen LogP contribution is -2.42. The van der Waals surface area contributed by atoms with E-state index in [0.717, 1.165) is 10.8 Å². The van der Waals surface area contributed by atoms with Crippen molar-refractivity contribution in [3.63, 3.8) is 0 Å². The van der Waals surface area contributed by atoms with E-state index in [9.17, 15) is 19.2 Å². The maximum Gasteiger partial charge on any atom is 0.331 e. The molecule has 0 atom stereocenters. The van der Waals surface area contributed by atoms with Crippen molar-refractivity contribution in [2.45, 2.75) is 20.0 Å². The van der Waals surface area contributed by atoms with Crippen LogP contribution in [-0.2, 0) is 22.7 Å². The molecule has 0 aliphatic rings. The molecule has 1 aromatic heterocycles. The summed E-state index contributed by atoms with van der Waals surface area (Å²) in [5.41, 5.74) is -1.48. The molecule has 7 nitrogen and oxygen atoms in total. The van der Waals surface area contributed by atoms with Crippen LogP contribution in [0.5, 0.6) is 0 Å². The Morgan fingerprint density at radius 1 is 1.35 bits per heavy atom. The monoisotopic (exact) mass is 304 g/mol. The van der Waals surface area contributed by atoms with Crippen LogP contribution in [0.15, 0.2) is 20.3 Å². The molecule has 1 N–H and O–H groups in total. The lowest BCUT2D eigenvalue weighted by molar-refractivity contribution is -0.137. The van der Waals surface area contributed by atoms with Gasteiger partial charge >= 0.3 is 11.7 Å². The molecule has 1 rings (SSSR count). The van der Waals surface area contributed by atoms with Crippen LogP contribution in [0.2, 0.25) is 0 Å². The second-order valence-corrected chi connectivity index (χ2v) is 4.23. The highest BCUT2D eigenvalue weighted by Crippen LogP contribution is 1.99. The van der Waals surface area contributed by atoms with E-state index in [1.165, 1.54) is 6.92 Å². The van der Waals surface area contributed by atoms with Gasteiger partial charge < -0.3 is 5.11 Å². The highest BCUT2D eigenvalue weighted by atomic mass is 79.9. The van der Waals surface area contributed by atoms with Crippen molar-refractivity contribution in [3.8, 4) is 0 Å². The van der Waals surface area contributed by atoms with Gasteiger partial charge in [-0.3, -0.25) is 23.5 Å². The SMILES string of the molecule is CC(=O)Cn1c(=O)c(Br)cn(CC(=O)O)c1=O. The summed E-state index contributed by atoms with van der Waals surface area (Å²) in [7, 11) is 0. The van der Waals surface area contributed by atoms with Crippen molar-refractivity contribution in [2.75, 3.05) is 0 Å². The van der Waals surface area contributed by atoms with Gasteiger partial charge in [-0.15, -0.1) is 0 Å². The Labute approximate surface area is 103 Å². The van der Waals surface area contributed by atoms with Gasteiger partial charge in [0.15, 0.2) is 0 Å². The Bertz CT molecular complexity index is 586. The van der Waals surface area contributed by atoms with Gasteiger partial charge in [0.05, 0.1) is 11.0 Å². The molecule has 0 amide bonds. The summed E-state index contributed by atoms with van der Waals surface area (Å²) in [6.45, 7) is 0.278. The fourth-order valence-corrected chi connectivity index (χ4v) is 1.70. The van der Waals surface area contributed by atoms with E-state index >= 15 is 0 Å². The predicted molar refractivity (Wildman–Crippen MR) is 61.0 cm³/mol. The van der Waals surface area contributed by atoms with Crippen molar-refractivity contribution in [1.82, 2.24) is 9.13 Å². The van der Waals surface area contributed by atoms with Crippen LogP contribution < -0.4 is 11.2 Å². The summed E-state index contributed by atoms with van der Waals surface area (Å²) in [6.07, 6.45) is 1.09. The first-order valence-corrected chi connectivity index (χ1v) is 5.33. The van der Waals surface area contributed by atoms with E-state index in [1.807, 2.05) is 0 Å². The van der Waals surface area contributed by atoms with Crippen LogP contribution in [0.1, 0.15) is 6.92 Å². The first-order chi connectivity index (χ1) is 7.82. The summed E-state index contributed by atoms with van der Waals surface area (Å²) < 4.78 is 1.56. The number of aliphatic carboxylic acids is 1. The van der Waals surface area contributed by atoms with E-state index in [1.54, 1.807) is 0 Å². The maximum atomic E-state index is 11.7. The number of Topliss-reactive ketones (excluding diaryl/α,β-unsaturated/α-hetero) is 1. The normalized spacial score (nSPS) is 10.2. The van der Waals surface area contributed by atoms with Gasteiger partial charge in [-0.1, -0.05) is 0 Å². The minimum absolute atomic E-state index is 0.0274. The Balaban J connectivity index is 3.43. The van der Waals surface area contributed by atoms with Crippen LogP contribution >= 0.6 is 15.9 Å². The average Bonchev–Trinajstić information content (AvgIpc) is 2.20. The predicted octanol–water partition coefficient (Wildman–Crippen LogP) is -0.554. The van der Waals surface area contributed by atoms with E-state index in [-0.39, 0.29) is 16.8 Å². The van der Waals surface area contributed by atoms with Crippen LogP contribution in [0, 0.1) is 0 Å². The molecule has 0 saturated heterocycles. The molecular formula is C9H9BrN2O5. The molecule has 0 aromatic carbocycles. The lowest BCUT2D eigenvalue weighted by Gasteiger charge is -2.07. The lowest BCUT2D eigenvalue weighted by atomic mass is 10.4. The molecule has 0 aliphatic carbocycles. The van der Waals surface area contributed by atoms with Crippen LogP contribution in [-0.4, -0.2) is 26.0 Å². The van der Waals surface area contributed by atoms with Gasteiger partial charge in [-0.25, -0.2) is 4.79 Å². The van der Waals surface area contributed by atoms with Crippen LogP contribution in [0.4, 0.5) is 0 Å². The maximum absolute atomic E-state index is 11.7. The molecule has 92 valence electrons. The number of hydrogen-bond donors (Lipinski definition) is 1. The second kappa shape index (κ2) is 5.09. The fraction of sp³-hybridized carbons (Fsp3) is 0.333. The van der Waals surface area contributed by atoms with Gasteiger partial charge in [0, 0.05) is 6.20 Å². The smallest absolute Gasteiger partial charge is 0.331 e. The van der Waals surface area contributed by atoms with Crippen molar-refractivity contribution < 1.29 is 14.7 Å². The topological polar surface area (TPSA) is 98.4 Å². The molecular weight excluding hydrogens is 296 g/mol. The summed E-state index contributed by atoms with van der Waals surface area (Å²) in [5.74, 6) is -1.59. The third-order valence-electron chi connectivity index (χ3n) is 1.88. The highest BCUT2D eigenvalue weighted by Gasteiger charge is 2.12. The summed E-state index contributed by atoms with van der Waals surface area (Å²) >= 11 is 2.91. The first kappa shape index (κ1) is 13.4. The molecule has 0 unspecified atom stereocenters. The molecule has 8 heteroatoms. The minimum atomic E-state index is -1.22. The Morgan fingerprint density at radius 3 is 2.41 bits per heavy atom. The van der Waals surface area contributed by atoms with Gasteiger partial charge in [0.1, 0.15) is 12.3 Å². The summed E-state index contributed by atoms with van der Waals surface area (Å²) in [5, 5.41) is 8.59. The quantitative estimate of drug-likeness (QED) is 0.804. The molecule has 0 spiro atoms. The number of ketones is 1. The van der Waals surface area contributed by atoms with E-state index in [0.29, 0.717) is 4.57 Å². The van der Waals surface area contributed by atoms with Gasteiger partial charge in [0.2, 0.25) is 0 Å². The Morgan fingerprint density at radius 2 is 1.94 bits per heavy atom. The third kappa shape index (κ3) is 3.13. The van der Waals surface area contributed by atoms with Crippen LogP contribution in [0.3, 0.4) is 0 Å². The summed E-state index contributed by atoms with van der Waals surface area (Å²) in [6, 6.07) is 0. The third-order valence-corrected chi connectivity index (χ3v) is 2.43. The number of carbonyl (C=O) groups excluding carboxylic acids is 1. The van der Waals surface area contributed by atoms with E-state index < -0.39 is 23.8 Å². The number of carboxylic acid groups (broad SMARTS) is 1. The molecule has 0 fully saturated rings. The fourth-order valence-electron chi connectivity index (χ4n) is 1.24. The van der Waals surface area contributed by atoms with Crippen molar-refractivity contribution >= 4 is 27.7 Å². The Hall–Kier alpha value is -1.70. The van der Waals surface area contributed by atoms with Gasteiger partial charge in [-0.2, -0.15) is 0 Å². The Kier molecular flexibility index (Phi) is 4.00. The number of carbonyl (C=O) groups is 2. The zero-order valence-electron chi connectivity index (χ0n) is 8.84. The second-order valence-electron chi connectivity index (χ2n) is 3.37. The van der Waals surface area contributed by atoms with Gasteiger partial charge in [-0.05, 0) is 22.9 Å². The number of halogens is 1. The van der Waals surface area contributed by atoms with Crippen LogP contribution in [0.25, 0.3) is 0 Å². The van der Waals surface area contributed by atoms with E-state index in [2.05, 4.69) is 15.9 Å². The number of aromatic nitrogens is 2. The average molecular weight is 305 g/mol. The van der Waals surface area contributed by atoms with Crippen molar-refractivity contribution in [1.29, 1.82) is 0 Å². The zero-order valence-corrected chi connectivity index (χ0v) is 10.4. The molecule has 0 aliphatic heterocycles. The summed E-state index contributed by atoms with van der Waals surface area (Å²) in [4.78, 5) is 44.7. The molecule has 1 heterocycles. The number of rotatable bonds is 4. The van der Waals surface area contributed by atoms with E-state index in [4.69, 9.17) is 5.11 Å². The standard InChI is InChI=1S/C9H9BrN2O5/c1-5(13)2-12-8(16)6(10)3-11(9(12)17)4-7(14)15/h3H,2,4H2,1H3,(H,14,15). The zero-order chi connectivity index (χ0) is 13.2.